The number of carbonyl (C=O) groups is 2. The van der Waals surface area contributed by atoms with Gasteiger partial charge in [-0.3, -0.25) is 9.59 Å². The van der Waals surface area contributed by atoms with Gasteiger partial charge in [0.1, 0.15) is 23.3 Å². The molecule has 7 nitrogen and oxygen atoms in total. The van der Waals surface area contributed by atoms with E-state index in [2.05, 4.69) is 0 Å². The molecule has 0 aliphatic carbocycles. The summed E-state index contributed by atoms with van der Waals surface area (Å²) < 4.78 is 16.2. The molecule has 9 heteroatoms. The number of Topliss-reactive ketones (excluding diaryl/α,β-unsaturated/α-hetero) is 1. The van der Waals surface area contributed by atoms with Gasteiger partial charge in [-0.15, -0.1) is 0 Å². The number of hydrogen-bond donors (Lipinski definition) is 1. The number of rotatable bonds is 7. The highest BCUT2D eigenvalue weighted by Crippen LogP contribution is 2.42. The molecule has 1 aliphatic heterocycles. The number of aliphatic hydroxyl groups excluding tert-OH is 1. The monoisotopic (exact) mass is 501 g/mol. The van der Waals surface area contributed by atoms with Crippen molar-refractivity contribution in [3.05, 3.63) is 87.3 Å². The fourth-order valence-corrected chi connectivity index (χ4v) is 4.57. The molecule has 1 N–H and O–H groups in total. The van der Waals surface area contributed by atoms with E-state index in [1.807, 2.05) is 19.1 Å². The highest BCUT2D eigenvalue weighted by molar-refractivity contribution is 6.46. The molecule has 1 fully saturated rings. The average Bonchev–Trinajstić information content (AvgIpc) is 3.42. The van der Waals surface area contributed by atoms with Gasteiger partial charge in [0.2, 0.25) is 0 Å². The molecular formula is C25H21Cl2NO6. The number of furan rings is 1. The number of likely N-dealkylation sites (tertiary alicyclic amines) is 1. The van der Waals surface area contributed by atoms with Gasteiger partial charge in [0.05, 0.1) is 35.6 Å². The first-order valence-corrected chi connectivity index (χ1v) is 11.2. The third-order valence-electron chi connectivity index (χ3n) is 5.39. The topological polar surface area (TPSA) is 89.2 Å². The van der Waals surface area contributed by atoms with Gasteiger partial charge in [-0.1, -0.05) is 35.3 Å². The maximum Gasteiger partial charge on any atom is 0.296 e. The van der Waals surface area contributed by atoms with Crippen LogP contribution < -0.4 is 9.47 Å². The lowest BCUT2D eigenvalue weighted by atomic mass is 9.99. The first-order valence-electron chi connectivity index (χ1n) is 10.4. The summed E-state index contributed by atoms with van der Waals surface area (Å²) in [5.74, 6) is -0.826. The largest absolute Gasteiger partial charge is 0.507 e. The Labute approximate surface area is 206 Å². The van der Waals surface area contributed by atoms with Gasteiger partial charge in [-0.2, -0.15) is 0 Å². The summed E-state index contributed by atoms with van der Waals surface area (Å²) in [6.45, 7) is 2.46. The van der Waals surface area contributed by atoms with Crippen LogP contribution in [0.5, 0.6) is 11.5 Å². The van der Waals surface area contributed by atoms with Gasteiger partial charge in [-0.05, 0) is 48.9 Å². The number of ether oxygens (including phenoxy) is 2. The molecule has 2 heterocycles. The van der Waals surface area contributed by atoms with Crippen molar-refractivity contribution in [2.24, 2.45) is 0 Å². The Morgan fingerprint density at radius 3 is 2.47 bits per heavy atom. The smallest absolute Gasteiger partial charge is 0.296 e. The predicted octanol–water partition coefficient (Wildman–Crippen LogP) is 5.62. The summed E-state index contributed by atoms with van der Waals surface area (Å²) in [5, 5.41) is 11.4. The van der Waals surface area contributed by atoms with E-state index < -0.39 is 23.5 Å². The van der Waals surface area contributed by atoms with Gasteiger partial charge in [-0.25, -0.2) is 0 Å². The van der Waals surface area contributed by atoms with E-state index in [0.29, 0.717) is 18.1 Å². The number of hydrogen-bond acceptors (Lipinski definition) is 6. The fraction of sp³-hybridized carbons (Fsp3) is 0.200. The molecule has 1 aliphatic rings. The number of halogens is 2. The molecule has 1 aromatic heterocycles. The Balaban J connectivity index is 1.81. The maximum absolute atomic E-state index is 13.1. The first kappa shape index (κ1) is 23.7. The van der Waals surface area contributed by atoms with Crippen LogP contribution in [0.4, 0.5) is 0 Å². The van der Waals surface area contributed by atoms with E-state index in [-0.39, 0.29) is 33.5 Å². The SMILES string of the molecule is CCOc1cccc(CN2C(=O)C(=O)/C(=C(\O)c3cc(Cl)c(OC)c(Cl)c3)C2c2ccco2)c1. The van der Waals surface area contributed by atoms with Crippen LogP contribution in [-0.4, -0.2) is 35.4 Å². The van der Waals surface area contributed by atoms with Crippen molar-refractivity contribution >= 4 is 40.7 Å². The molecule has 1 saturated heterocycles. The van der Waals surface area contributed by atoms with Gasteiger partial charge in [0.25, 0.3) is 11.7 Å². The number of nitrogens with zero attached hydrogens (tertiary/aromatic N) is 1. The molecule has 0 bridgehead atoms. The minimum absolute atomic E-state index is 0.0950. The van der Waals surface area contributed by atoms with Crippen LogP contribution in [0.25, 0.3) is 5.76 Å². The standard InChI is InChI=1S/C25H21Cl2NO6/c1-3-33-16-7-4-6-14(10-16)13-28-21(19-8-5-9-34-19)20(23(30)25(28)31)22(29)15-11-17(26)24(32-2)18(27)12-15/h4-12,21,29H,3,13H2,1-2H3/b22-20-. The quantitative estimate of drug-likeness (QED) is 0.257. The second-order valence-corrected chi connectivity index (χ2v) is 8.31. The van der Waals surface area contributed by atoms with Crippen LogP contribution in [0.2, 0.25) is 10.0 Å². The molecule has 34 heavy (non-hydrogen) atoms. The predicted molar refractivity (Wildman–Crippen MR) is 127 cm³/mol. The van der Waals surface area contributed by atoms with Gasteiger partial charge >= 0.3 is 0 Å². The van der Waals surface area contributed by atoms with Gasteiger partial charge in [0.15, 0.2) is 5.75 Å². The Morgan fingerprint density at radius 1 is 1.12 bits per heavy atom. The summed E-state index contributed by atoms with van der Waals surface area (Å²) >= 11 is 12.5. The zero-order valence-corrected chi connectivity index (χ0v) is 19.9. The molecule has 4 rings (SSSR count). The molecule has 1 amide bonds. The third kappa shape index (κ3) is 4.36. The Hall–Kier alpha value is -3.42. The lowest BCUT2D eigenvalue weighted by Gasteiger charge is -2.23. The average molecular weight is 502 g/mol. The summed E-state index contributed by atoms with van der Waals surface area (Å²) in [6, 6.07) is 12.4. The molecule has 176 valence electrons. The van der Waals surface area contributed by atoms with Crippen molar-refractivity contribution in [2.75, 3.05) is 13.7 Å². The second kappa shape index (κ2) is 9.83. The fourth-order valence-electron chi connectivity index (χ4n) is 3.93. The minimum Gasteiger partial charge on any atom is -0.507 e. The lowest BCUT2D eigenvalue weighted by Crippen LogP contribution is -2.29. The minimum atomic E-state index is -0.953. The summed E-state index contributed by atoms with van der Waals surface area (Å²) in [4.78, 5) is 27.6. The molecule has 1 unspecified atom stereocenters. The van der Waals surface area contributed by atoms with Crippen molar-refractivity contribution in [2.45, 2.75) is 19.5 Å². The van der Waals surface area contributed by atoms with E-state index in [0.717, 1.165) is 5.56 Å². The van der Waals surface area contributed by atoms with Crippen molar-refractivity contribution in [1.29, 1.82) is 0 Å². The Bertz CT molecular complexity index is 1250. The first-order chi connectivity index (χ1) is 16.3. The Kier molecular flexibility index (Phi) is 6.86. The normalized spacial score (nSPS) is 17.3. The van der Waals surface area contributed by atoms with E-state index in [1.54, 1.807) is 24.3 Å². The van der Waals surface area contributed by atoms with Crippen LogP contribution in [0.1, 0.15) is 29.9 Å². The van der Waals surface area contributed by atoms with Gasteiger partial charge < -0.3 is 23.9 Å². The number of benzene rings is 2. The van der Waals surface area contributed by atoms with E-state index in [4.69, 9.17) is 37.1 Å². The number of methoxy groups -OCH3 is 1. The van der Waals surface area contributed by atoms with Gasteiger partial charge in [0, 0.05) is 12.1 Å². The van der Waals surface area contributed by atoms with Crippen molar-refractivity contribution in [3.63, 3.8) is 0 Å². The zero-order chi connectivity index (χ0) is 24.4. The summed E-state index contributed by atoms with van der Waals surface area (Å²) in [7, 11) is 1.41. The van der Waals surface area contributed by atoms with E-state index >= 15 is 0 Å². The van der Waals surface area contributed by atoms with Crippen LogP contribution in [-0.2, 0) is 16.1 Å². The summed E-state index contributed by atoms with van der Waals surface area (Å²) in [5.41, 5.74) is 0.793. The molecule has 3 aromatic rings. The van der Waals surface area contributed by atoms with Crippen molar-refractivity contribution < 1.29 is 28.6 Å². The molecule has 2 aromatic carbocycles. The van der Waals surface area contributed by atoms with Crippen LogP contribution >= 0.6 is 23.2 Å². The number of aliphatic hydroxyl groups is 1. The third-order valence-corrected chi connectivity index (χ3v) is 5.95. The molecule has 0 spiro atoms. The second-order valence-electron chi connectivity index (χ2n) is 7.50. The van der Waals surface area contributed by atoms with Crippen LogP contribution in [0.15, 0.2) is 64.8 Å². The van der Waals surface area contributed by atoms with Crippen LogP contribution in [0, 0.1) is 0 Å². The van der Waals surface area contributed by atoms with Crippen LogP contribution in [0.3, 0.4) is 0 Å². The number of carbonyl (C=O) groups excluding carboxylic acids is 2. The van der Waals surface area contributed by atoms with E-state index in [1.165, 1.54) is 30.4 Å². The zero-order valence-electron chi connectivity index (χ0n) is 18.4. The molecule has 0 saturated carbocycles. The van der Waals surface area contributed by atoms with Crippen molar-refractivity contribution in [3.8, 4) is 11.5 Å². The lowest BCUT2D eigenvalue weighted by molar-refractivity contribution is -0.140. The highest BCUT2D eigenvalue weighted by Gasteiger charge is 2.47. The highest BCUT2D eigenvalue weighted by atomic mass is 35.5. The van der Waals surface area contributed by atoms with E-state index in [9.17, 15) is 14.7 Å². The maximum atomic E-state index is 13.1. The number of ketones is 1. The molecule has 1 atom stereocenters. The number of amides is 1. The summed E-state index contributed by atoms with van der Waals surface area (Å²) in [6.07, 6.45) is 1.44. The molecule has 0 radical (unpaired) electrons. The Morgan fingerprint density at radius 2 is 1.85 bits per heavy atom. The molecular weight excluding hydrogens is 481 g/mol. The van der Waals surface area contributed by atoms with Crippen molar-refractivity contribution in [1.82, 2.24) is 4.90 Å².